The molecule has 1 aromatic rings. The molecule has 0 bridgehead atoms. The van der Waals surface area contributed by atoms with Crippen LogP contribution in [0.4, 0.5) is 5.95 Å². The monoisotopic (exact) mass is 338 g/mol. The van der Waals surface area contributed by atoms with Crippen LogP contribution in [0, 0.1) is 0 Å². The first-order valence-corrected chi connectivity index (χ1v) is 9.94. The van der Waals surface area contributed by atoms with E-state index in [0.29, 0.717) is 24.0 Å². The van der Waals surface area contributed by atoms with Crippen molar-refractivity contribution in [3.05, 3.63) is 18.0 Å². The van der Waals surface area contributed by atoms with E-state index in [-0.39, 0.29) is 23.5 Å². The molecule has 1 saturated heterocycles. The minimum absolute atomic E-state index is 0.0148. The zero-order valence-electron chi connectivity index (χ0n) is 13.0. The molecule has 1 aliphatic carbocycles. The van der Waals surface area contributed by atoms with Crippen molar-refractivity contribution < 1.29 is 13.2 Å². The van der Waals surface area contributed by atoms with E-state index in [1.807, 2.05) is 0 Å². The Kier molecular flexibility index (Phi) is 4.79. The van der Waals surface area contributed by atoms with E-state index in [1.165, 1.54) is 31.7 Å². The SMILES string of the molecule is O=C(NC1CCS(=O)(=O)C1)c1cnc(NC2CCCCC2)nc1. The molecule has 1 atom stereocenters. The van der Waals surface area contributed by atoms with E-state index in [4.69, 9.17) is 0 Å². The van der Waals surface area contributed by atoms with Gasteiger partial charge in [0.1, 0.15) is 0 Å². The summed E-state index contributed by atoms with van der Waals surface area (Å²) >= 11 is 0. The fourth-order valence-corrected chi connectivity index (χ4v) is 4.80. The Morgan fingerprint density at radius 1 is 1.04 bits per heavy atom. The first-order valence-electron chi connectivity index (χ1n) is 8.12. The number of carbonyl (C=O) groups excluding carboxylic acids is 1. The predicted octanol–water partition coefficient (Wildman–Crippen LogP) is 1.14. The van der Waals surface area contributed by atoms with Crippen molar-refractivity contribution in [2.75, 3.05) is 16.8 Å². The van der Waals surface area contributed by atoms with Gasteiger partial charge in [0.25, 0.3) is 5.91 Å². The van der Waals surface area contributed by atoms with Crippen molar-refractivity contribution in [3.63, 3.8) is 0 Å². The summed E-state index contributed by atoms with van der Waals surface area (Å²) in [6.45, 7) is 0. The lowest BCUT2D eigenvalue weighted by Gasteiger charge is -2.22. The molecule has 1 saturated carbocycles. The van der Waals surface area contributed by atoms with Crippen LogP contribution in [0.25, 0.3) is 0 Å². The lowest BCUT2D eigenvalue weighted by atomic mass is 9.96. The Bertz CT molecular complexity index is 654. The summed E-state index contributed by atoms with van der Waals surface area (Å²) in [4.78, 5) is 20.5. The van der Waals surface area contributed by atoms with Crippen LogP contribution in [0.5, 0.6) is 0 Å². The van der Waals surface area contributed by atoms with E-state index in [9.17, 15) is 13.2 Å². The Morgan fingerprint density at radius 2 is 1.74 bits per heavy atom. The molecule has 7 nitrogen and oxygen atoms in total. The molecule has 2 heterocycles. The van der Waals surface area contributed by atoms with Gasteiger partial charge >= 0.3 is 0 Å². The molecule has 2 N–H and O–H groups in total. The quantitative estimate of drug-likeness (QED) is 0.854. The Balaban J connectivity index is 1.55. The normalized spacial score (nSPS) is 24.3. The van der Waals surface area contributed by atoms with E-state index in [2.05, 4.69) is 20.6 Å². The van der Waals surface area contributed by atoms with Crippen LogP contribution in [0.15, 0.2) is 12.4 Å². The number of anilines is 1. The highest BCUT2D eigenvalue weighted by atomic mass is 32.2. The molecule has 126 valence electrons. The first kappa shape index (κ1) is 16.2. The van der Waals surface area contributed by atoms with Crippen LogP contribution in [0.3, 0.4) is 0 Å². The second-order valence-corrected chi connectivity index (χ2v) is 8.58. The van der Waals surface area contributed by atoms with Crippen LogP contribution in [0.2, 0.25) is 0 Å². The molecule has 1 amide bonds. The number of rotatable bonds is 4. The van der Waals surface area contributed by atoms with Gasteiger partial charge in [0.15, 0.2) is 9.84 Å². The number of hydrogen-bond donors (Lipinski definition) is 2. The van der Waals surface area contributed by atoms with E-state index >= 15 is 0 Å². The van der Waals surface area contributed by atoms with Crippen LogP contribution in [0.1, 0.15) is 48.9 Å². The minimum atomic E-state index is -3.00. The van der Waals surface area contributed by atoms with E-state index < -0.39 is 9.84 Å². The highest BCUT2D eigenvalue weighted by Crippen LogP contribution is 2.20. The Morgan fingerprint density at radius 3 is 2.35 bits per heavy atom. The van der Waals surface area contributed by atoms with Gasteiger partial charge in [-0.05, 0) is 19.3 Å². The number of aromatic nitrogens is 2. The summed E-state index contributed by atoms with van der Waals surface area (Å²) in [5, 5.41) is 6.03. The average molecular weight is 338 g/mol. The summed E-state index contributed by atoms with van der Waals surface area (Å²) in [7, 11) is -3.00. The van der Waals surface area contributed by atoms with Gasteiger partial charge in [0.2, 0.25) is 5.95 Å². The topological polar surface area (TPSA) is 101 Å². The molecular weight excluding hydrogens is 316 g/mol. The van der Waals surface area contributed by atoms with Crippen molar-refractivity contribution in [2.24, 2.45) is 0 Å². The molecule has 1 unspecified atom stereocenters. The van der Waals surface area contributed by atoms with Crippen LogP contribution in [-0.2, 0) is 9.84 Å². The molecule has 1 aromatic heterocycles. The van der Waals surface area contributed by atoms with Gasteiger partial charge in [0.05, 0.1) is 17.1 Å². The fourth-order valence-electron chi connectivity index (χ4n) is 3.13. The van der Waals surface area contributed by atoms with E-state index in [1.54, 1.807) is 0 Å². The third kappa shape index (κ3) is 4.40. The van der Waals surface area contributed by atoms with Crippen molar-refractivity contribution >= 4 is 21.7 Å². The zero-order valence-corrected chi connectivity index (χ0v) is 13.8. The molecular formula is C15H22N4O3S. The molecule has 8 heteroatoms. The minimum Gasteiger partial charge on any atom is -0.351 e. The van der Waals surface area contributed by atoms with Gasteiger partial charge in [-0.3, -0.25) is 4.79 Å². The maximum atomic E-state index is 12.1. The maximum Gasteiger partial charge on any atom is 0.254 e. The molecule has 2 aliphatic rings. The van der Waals surface area contributed by atoms with Crippen LogP contribution >= 0.6 is 0 Å². The number of nitrogens with zero attached hydrogens (tertiary/aromatic N) is 2. The van der Waals surface area contributed by atoms with Gasteiger partial charge in [0, 0.05) is 24.5 Å². The third-order valence-corrected chi connectivity index (χ3v) is 6.19. The summed E-state index contributed by atoms with van der Waals surface area (Å²) < 4.78 is 22.8. The number of sulfone groups is 1. The van der Waals surface area contributed by atoms with Gasteiger partial charge in [-0.25, -0.2) is 18.4 Å². The highest BCUT2D eigenvalue weighted by Gasteiger charge is 2.29. The average Bonchev–Trinajstić information content (AvgIpc) is 2.88. The molecule has 3 rings (SSSR count). The molecule has 0 spiro atoms. The zero-order chi connectivity index (χ0) is 16.3. The molecule has 23 heavy (non-hydrogen) atoms. The number of hydrogen-bond acceptors (Lipinski definition) is 6. The van der Waals surface area contributed by atoms with Crippen molar-refractivity contribution in [2.45, 2.75) is 50.6 Å². The molecule has 0 radical (unpaired) electrons. The van der Waals surface area contributed by atoms with Crippen molar-refractivity contribution in [3.8, 4) is 0 Å². The van der Waals surface area contributed by atoms with Gasteiger partial charge < -0.3 is 10.6 Å². The standard InChI is InChI=1S/C15H22N4O3S/c20-14(18-13-6-7-23(21,22)10-13)11-8-16-15(17-9-11)19-12-4-2-1-3-5-12/h8-9,12-13H,1-7,10H2,(H,18,20)(H,16,17,19). The molecule has 2 fully saturated rings. The number of nitrogens with one attached hydrogen (secondary N) is 2. The Labute approximate surface area is 136 Å². The fraction of sp³-hybridized carbons (Fsp3) is 0.667. The lowest BCUT2D eigenvalue weighted by molar-refractivity contribution is 0.0940. The van der Waals surface area contributed by atoms with Gasteiger partial charge in [-0.15, -0.1) is 0 Å². The van der Waals surface area contributed by atoms with Crippen molar-refractivity contribution in [1.82, 2.24) is 15.3 Å². The largest absolute Gasteiger partial charge is 0.351 e. The van der Waals surface area contributed by atoms with Gasteiger partial charge in [-0.1, -0.05) is 19.3 Å². The Hall–Kier alpha value is -1.70. The summed E-state index contributed by atoms with van der Waals surface area (Å²) in [5.41, 5.74) is 0.350. The van der Waals surface area contributed by atoms with E-state index in [0.717, 1.165) is 12.8 Å². The van der Waals surface area contributed by atoms with Crippen molar-refractivity contribution in [1.29, 1.82) is 0 Å². The smallest absolute Gasteiger partial charge is 0.254 e. The maximum absolute atomic E-state index is 12.1. The number of carbonyl (C=O) groups is 1. The van der Waals surface area contributed by atoms with Crippen LogP contribution in [-0.4, -0.2) is 47.9 Å². The second kappa shape index (κ2) is 6.82. The molecule has 1 aliphatic heterocycles. The lowest BCUT2D eigenvalue weighted by Crippen LogP contribution is -2.35. The first-order chi connectivity index (χ1) is 11.0. The second-order valence-electron chi connectivity index (χ2n) is 6.35. The third-order valence-electron chi connectivity index (χ3n) is 4.42. The summed E-state index contributed by atoms with van der Waals surface area (Å²) in [6.07, 6.45) is 9.42. The molecule has 0 aromatic carbocycles. The number of amides is 1. The predicted molar refractivity (Wildman–Crippen MR) is 87.1 cm³/mol. The highest BCUT2D eigenvalue weighted by molar-refractivity contribution is 7.91. The summed E-state index contributed by atoms with van der Waals surface area (Å²) in [5.74, 6) is 0.368. The van der Waals surface area contributed by atoms with Gasteiger partial charge in [-0.2, -0.15) is 0 Å². The summed E-state index contributed by atoms with van der Waals surface area (Å²) in [6, 6.07) is 0.0969. The van der Waals surface area contributed by atoms with Crippen LogP contribution < -0.4 is 10.6 Å².